The highest BCUT2D eigenvalue weighted by atomic mass is 79.9. The molecule has 0 amide bonds. The largest absolute Gasteiger partial charge is 0.496 e. The number of methoxy groups -OCH3 is 1. The minimum absolute atomic E-state index is 0.262. The zero-order valence-corrected chi connectivity index (χ0v) is 17.8. The Morgan fingerprint density at radius 1 is 1.04 bits per heavy atom. The van der Waals surface area contributed by atoms with Gasteiger partial charge in [0.25, 0.3) is 0 Å². The molecule has 1 aliphatic heterocycles. The first-order chi connectivity index (χ1) is 13.0. The van der Waals surface area contributed by atoms with Crippen molar-refractivity contribution >= 4 is 31.6 Å². The summed E-state index contributed by atoms with van der Waals surface area (Å²) in [6.45, 7) is 4.62. The van der Waals surface area contributed by atoms with E-state index in [1.165, 1.54) is 4.31 Å². The van der Waals surface area contributed by atoms with Crippen LogP contribution in [-0.4, -0.2) is 52.6 Å². The summed E-state index contributed by atoms with van der Waals surface area (Å²) in [4.78, 5) is 2.43. The van der Waals surface area contributed by atoms with Crippen molar-refractivity contribution in [3.8, 4) is 11.5 Å². The highest BCUT2D eigenvalue weighted by Gasteiger charge is 2.29. The third-order valence-electron chi connectivity index (χ3n) is 4.51. The molecule has 2 aromatic rings. The molecule has 6 nitrogen and oxygen atoms in total. The molecule has 146 valence electrons. The lowest BCUT2D eigenvalue weighted by molar-refractivity contribution is 0.337. The van der Waals surface area contributed by atoms with Gasteiger partial charge in [0, 0.05) is 26.2 Å². The van der Waals surface area contributed by atoms with Crippen LogP contribution in [-0.2, 0) is 10.0 Å². The fourth-order valence-electron chi connectivity index (χ4n) is 3.12. The van der Waals surface area contributed by atoms with Crippen LogP contribution in [0.3, 0.4) is 0 Å². The molecule has 3 rings (SSSR count). The predicted octanol–water partition coefficient (Wildman–Crippen LogP) is 3.37. The molecule has 0 spiro atoms. The van der Waals surface area contributed by atoms with E-state index in [4.69, 9.17) is 9.47 Å². The molecular formula is C19H23BrN2O4S. The molecule has 0 atom stereocenters. The monoisotopic (exact) mass is 454 g/mol. The minimum atomic E-state index is -3.55. The lowest BCUT2D eigenvalue weighted by Crippen LogP contribution is -2.48. The summed E-state index contributed by atoms with van der Waals surface area (Å²) < 4.78 is 39.0. The lowest BCUT2D eigenvalue weighted by Gasteiger charge is -2.36. The second-order valence-electron chi connectivity index (χ2n) is 6.09. The average Bonchev–Trinajstić information content (AvgIpc) is 2.69. The van der Waals surface area contributed by atoms with E-state index in [1.54, 1.807) is 25.3 Å². The molecule has 1 aliphatic rings. The summed E-state index contributed by atoms with van der Waals surface area (Å²) in [6.07, 6.45) is 0. The van der Waals surface area contributed by atoms with E-state index in [0.29, 0.717) is 43.0 Å². The average molecular weight is 455 g/mol. The molecule has 1 heterocycles. The van der Waals surface area contributed by atoms with Crippen LogP contribution in [0, 0.1) is 0 Å². The fraction of sp³-hybridized carbons (Fsp3) is 0.368. The maximum Gasteiger partial charge on any atom is 0.243 e. The Labute approximate surface area is 168 Å². The van der Waals surface area contributed by atoms with Crippen LogP contribution in [0.4, 0.5) is 5.69 Å². The second kappa shape index (κ2) is 8.50. The Balaban J connectivity index is 1.74. The number of halogens is 1. The molecule has 8 heteroatoms. The molecule has 0 bridgehead atoms. The Hall–Kier alpha value is -1.77. The number of nitrogens with zero attached hydrogens (tertiary/aromatic N) is 2. The normalized spacial score (nSPS) is 15.6. The molecule has 0 aliphatic carbocycles. The van der Waals surface area contributed by atoms with Crippen molar-refractivity contribution in [3.05, 3.63) is 46.9 Å². The number of hydrogen-bond donors (Lipinski definition) is 0. The first-order valence-corrected chi connectivity index (χ1v) is 11.0. The molecule has 0 radical (unpaired) electrons. The van der Waals surface area contributed by atoms with E-state index in [0.717, 1.165) is 11.4 Å². The molecule has 1 fully saturated rings. The minimum Gasteiger partial charge on any atom is -0.496 e. The van der Waals surface area contributed by atoms with Crippen LogP contribution in [0.25, 0.3) is 0 Å². The first kappa shape index (κ1) is 20.0. The van der Waals surface area contributed by atoms with Gasteiger partial charge in [0.1, 0.15) is 11.5 Å². The summed E-state index contributed by atoms with van der Waals surface area (Å²) in [5, 5.41) is 0. The number of rotatable bonds is 6. The standard InChI is InChI=1S/C19H23BrN2O4S/c1-3-26-19-7-5-4-6-17(19)21-10-12-22(13-11-21)27(23,24)15-8-9-18(25-2)16(20)14-15/h4-9,14H,3,10-13H2,1-2H3. The summed E-state index contributed by atoms with van der Waals surface area (Å²) in [7, 11) is -2.00. The van der Waals surface area contributed by atoms with Crippen molar-refractivity contribution in [1.29, 1.82) is 0 Å². The number of ether oxygens (including phenoxy) is 2. The summed E-state index contributed by atoms with van der Waals surface area (Å²) in [5.41, 5.74) is 1.00. The van der Waals surface area contributed by atoms with Gasteiger partial charge >= 0.3 is 0 Å². The molecule has 1 saturated heterocycles. The molecule has 2 aromatic carbocycles. The summed E-state index contributed by atoms with van der Waals surface area (Å²) in [6, 6.07) is 12.7. The second-order valence-corrected chi connectivity index (χ2v) is 8.88. The third-order valence-corrected chi connectivity index (χ3v) is 7.02. The van der Waals surface area contributed by atoms with Gasteiger partial charge in [0.05, 0.1) is 28.8 Å². The number of sulfonamides is 1. The van der Waals surface area contributed by atoms with Crippen LogP contribution in [0.15, 0.2) is 51.8 Å². The Morgan fingerprint density at radius 2 is 1.74 bits per heavy atom. The molecular weight excluding hydrogens is 432 g/mol. The van der Waals surface area contributed by atoms with Crippen molar-refractivity contribution in [1.82, 2.24) is 4.31 Å². The van der Waals surface area contributed by atoms with Gasteiger partial charge in [-0.25, -0.2) is 8.42 Å². The molecule has 0 unspecified atom stereocenters. The topological polar surface area (TPSA) is 59.1 Å². The van der Waals surface area contributed by atoms with E-state index in [-0.39, 0.29) is 4.90 Å². The van der Waals surface area contributed by atoms with Crippen molar-refractivity contribution in [2.24, 2.45) is 0 Å². The number of anilines is 1. The highest BCUT2D eigenvalue weighted by molar-refractivity contribution is 9.10. The first-order valence-electron chi connectivity index (χ1n) is 8.78. The number of benzene rings is 2. The van der Waals surface area contributed by atoms with Gasteiger partial charge in [-0.1, -0.05) is 12.1 Å². The van der Waals surface area contributed by atoms with E-state index < -0.39 is 10.0 Å². The van der Waals surface area contributed by atoms with Gasteiger partial charge in [-0.15, -0.1) is 0 Å². The lowest BCUT2D eigenvalue weighted by atomic mass is 10.2. The smallest absolute Gasteiger partial charge is 0.243 e. The molecule has 27 heavy (non-hydrogen) atoms. The van der Waals surface area contributed by atoms with E-state index in [9.17, 15) is 8.42 Å². The highest BCUT2D eigenvalue weighted by Crippen LogP contribution is 2.31. The van der Waals surface area contributed by atoms with Crippen LogP contribution >= 0.6 is 15.9 Å². The number of piperazine rings is 1. The van der Waals surface area contributed by atoms with Crippen LogP contribution < -0.4 is 14.4 Å². The third kappa shape index (κ3) is 4.23. The van der Waals surface area contributed by atoms with Crippen LogP contribution in [0.1, 0.15) is 6.92 Å². The Morgan fingerprint density at radius 3 is 2.37 bits per heavy atom. The maximum atomic E-state index is 13.0. The van der Waals surface area contributed by atoms with E-state index >= 15 is 0 Å². The van der Waals surface area contributed by atoms with E-state index in [2.05, 4.69) is 20.8 Å². The Kier molecular flexibility index (Phi) is 6.29. The maximum absolute atomic E-state index is 13.0. The van der Waals surface area contributed by atoms with Crippen LogP contribution in [0.2, 0.25) is 0 Å². The molecule has 0 saturated carbocycles. The SMILES string of the molecule is CCOc1ccccc1N1CCN(S(=O)(=O)c2ccc(OC)c(Br)c2)CC1. The van der Waals surface area contributed by atoms with Gasteiger partial charge in [0.15, 0.2) is 0 Å². The number of para-hydroxylation sites is 2. The predicted molar refractivity (Wildman–Crippen MR) is 109 cm³/mol. The van der Waals surface area contributed by atoms with Crippen molar-refractivity contribution in [3.63, 3.8) is 0 Å². The van der Waals surface area contributed by atoms with Crippen molar-refractivity contribution in [2.45, 2.75) is 11.8 Å². The zero-order chi connectivity index (χ0) is 19.4. The number of hydrogen-bond acceptors (Lipinski definition) is 5. The van der Waals surface area contributed by atoms with Crippen LogP contribution in [0.5, 0.6) is 11.5 Å². The van der Waals surface area contributed by atoms with Crippen molar-refractivity contribution in [2.75, 3.05) is 44.8 Å². The van der Waals surface area contributed by atoms with Gasteiger partial charge in [0.2, 0.25) is 10.0 Å². The summed E-state index contributed by atoms with van der Waals surface area (Å²) >= 11 is 3.36. The molecule has 0 N–H and O–H groups in total. The Bertz CT molecular complexity index is 896. The van der Waals surface area contributed by atoms with Gasteiger partial charge in [-0.3, -0.25) is 0 Å². The summed E-state index contributed by atoms with van der Waals surface area (Å²) in [5.74, 6) is 1.43. The van der Waals surface area contributed by atoms with Gasteiger partial charge in [-0.05, 0) is 53.2 Å². The zero-order valence-electron chi connectivity index (χ0n) is 15.4. The fourth-order valence-corrected chi connectivity index (χ4v) is 5.26. The molecule has 0 aromatic heterocycles. The van der Waals surface area contributed by atoms with Gasteiger partial charge in [-0.2, -0.15) is 4.31 Å². The van der Waals surface area contributed by atoms with E-state index in [1.807, 2.05) is 31.2 Å². The quantitative estimate of drug-likeness (QED) is 0.669. The van der Waals surface area contributed by atoms with Gasteiger partial charge < -0.3 is 14.4 Å². The van der Waals surface area contributed by atoms with Crippen molar-refractivity contribution < 1.29 is 17.9 Å².